The molecular weight excluding hydrogens is 366 g/mol. The largest absolute Gasteiger partial charge is 0.505 e. The predicted octanol–water partition coefficient (Wildman–Crippen LogP) is 2.87. The van der Waals surface area contributed by atoms with E-state index in [9.17, 15) is 14.7 Å². The number of allylic oxidation sites excluding steroid dienone is 1. The third-order valence-electron chi connectivity index (χ3n) is 2.45. The maximum Gasteiger partial charge on any atom is 0.325 e. The molecule has 0 aliphatic heterocycles. The zero-order chi connectivity index (χ0) is 17.6. The number of rotatable bonds is 6. The topological polar surface area (TPSA) is 101 Å². The van der Waals surface area contributed by atoms with Crippen molar-refractivity contribution in [2.24, 2.45) is 0 Å². The maximum absolute atomic E-state index is 11.7. The van der Waals surface area contributed by atoms with Gasteiger partial charge in [-0.15, -0.1) is 0 Å². The third-order valence-corrected chi connectivity index (χ3v) is 2.83. The Hall–Kier alpha value is -1.96. The van der Waals surface area contributed by atoms with E-state index in [2.05, 4.69) is 31.2 Å². The summed E-state index contributed by atoms with van der Waals surface area (Å²) in [5.41, 5.74) is -0.521. The average Bonchev–Trinajstić information content (AvgIpc) is 2.43. The number of ketones is 1. The highest BCUT2D eigenvalue weighted by Crippen LogP contribution is 2.20. The van der Waals surface area contributed by atoms with Gasteiger partial charge in [-0.3, -0.25) is 9.59 Å². The summed E-state index contributed by atoms with van der Waals surface area (Å²) in [7, 11) is 0. The number of anilines is 1. The second kappa shape index (κ2) is 8.05. The lowest BCUT2D eigenvalue weighted by molar-refractivity contribution is -0.152. The average molecular weight is 386 g/mol. The molecule has 0 saturated carbocycles. The molecule has 0 atom stereocenters. The Morgan fingerprint density at radius 1 is 1.43 bits per heavy atom. The molecule has 2 N–H and O–H groups in total. The van der Waals surface area contributed by atoms with E-state index in [1.165, 1.54) is 6.20 Å². The number of nitrogens with zero attached hydrogens (tertiary/aromatic N) is 2. The summed E-state index contributed by atoms with van der Waals surface area (Å²) in [6.45, 7) is 6.83. The summed E-state index contributed by atoms with van der Waals surface area (Å²) in [5.74, 6) is -0.863. The second-order valence-electron chi connectivity index (χ2n) is 5.68. The van der Waals surface area contributed by atoms with Gasteiger partial charge in [0.2, 0.25) is 0 Å². The van der Waals surface area contributed by atoms with Crippen LogP contribution in [0.2, 0.25) is 0 Å². The van der Waals surface area contributed by atoms with Crippen LogP contribution in [0.15, 0.2) is 16.9 Å². The summed E-state index contributed by atoms with van der Waals surface area (Å²) in [5, 5.41) is 12.8. The van der Waals surface area contributed by atoms with Gasteiger partial charge in [-0.25, -0.2) is 9.97 Å². The summed E-state index contributed by atoms with van der Waals surface area (Å²) in [6.07, 6.45) is 2.75. The van der Waals surface area contributed by atoms with Crippen LogP contribution in [-0.4, -0.2) is 39.0 Å². The maximum atomic E-state index is 11.7. The van der Waals surface area contributed by atoms with E-state index in [0.717, 1.165) is 6.08 Å². The molecule has 1 aromatic heterocycles. The highest BCUT2D eigenvalue weighted by molar-refractivity contribution is 9.10. The Bertz CT molecular complexity index is 624. The van der Waals surface area contributed by atoms with Gasteiger partial charge in [-0.05, 0) is 36.7 Å². The number of hydrogen-bond acceptors (Lipinski definition) is 7. The van der Waals surface area contributed by atoms with E-state index in [1.54, 1.807) is 27.7 Å². The fourth-order valence-electron chi connectivity index (χ4n) is 1.53. The zero-order valence-electron chi connectivity index (χ0n) is 13.5. The number of aliphatic hydroxyl groups excluding tert-OH is 1. The molecule has 0 aliphatic rings. The molecule has 0 spiro atoms. The minimum Gasteiger partial charge on any atom is -0.505 e. The zero-order valence-corrected chi connectivity index (χ0v) is 15.1. The highest BCUT2D eigenvalue weighted by atomic mass is 79.9. The molecule has 0 unspecified atom stereocenters. The van der Waals surface area contributed by atoms with E-state index in [-0.39, 0.29) is 36.0 Å². The number of nitrogens with one attached hydrogen (secondary N) is 1. The lowest BCUT2D eigenvalue weighted by Gasteiger charge is -2.19. The van der Waals surface area contributed by atoms with Crippen LogP contribution in [0.4, 0.5) is 5.82 Å². The lowest BCUT2D eigenvalue weighted by Crippen LogP contribution is -2.28. The first-order valence-electron chi connectivity index (χ1n) is 7.04. The molecule has 0 radical (unpaired) electrons. The van der Waals surface area contributed by atoms with Crippen molar-refractivity contribution in [2.75, 3.05) is 11.9 Å². The van der Waals surface area contributed by atoms with Crippen LogP contribution in [0.3, 0.4) is 0 Å². The molecule has 0 aliphatic carbocycles. The molecule has 126 valence electrons. The first-order chi connectivity index (χ1) is 10.6. The van der Waals surface area contributed by atoms with Crippen molar-refractivity contribution in [1.29, 1.82) is 0 Å². The van der Waals surface area contributed by atoms with Crippen molar-refractivity contribution in [3.63, 3.8) is 0 Å². The monoisotopic (exact) mass is 385 g/mol. The van der Waals surface area contributed by atoms with E-state index < -0.39 is 11.6 Å². The number of carbonyl (C=O) groups excluding carboxylic acids is 2. The van der Waals surface area contributed by atoms with Crippen LogP contribution in [0, 0.1) is 0 Å². The van der Waals surface area contributed by atoms with Crippen molar-refractivity contribution >= 4 is 39.3 Å². The smallest absolute Gasteiger partial charge is 0.325 e. The molecule has 0 saturated heterocycles. The highest BCUT2D eigenvalue weighted by Gasteiger charge is 2.18. The van der Waals surface area contributed by atoms with Gasteiger partial charge in [-0.1, -0.05) is 6.92 Å². The number of halogens is 1. The number of ether oxygens (including phenoxy) is 1. The van der Waals surface area contributed by atoms with Crippen molar-refractivity contribution in [2.45, 2.75) is 39.7 Å². The Labute approximate surface area is 143 Å². The second-order valence-corrected chi connectivity index (χ2v) is 6.49. The Kier molecular flexibility index (Phi) is 6.68. The molecule has 0 bridgehead atoms. The van der Waals surface area contributed by atoms with Crippen molar-refractivity contribution in [3.8, 4) is 0 Å². The van der Waals surface area contributed by atoms with Crippen molar-refractivity contribution in [1.82, 2.24) is 9.97 Å². The van der Waals surface area contributed by atoms with Gasteiger partial charge < -0.3 is 15.2 Å². The third kappa shape index (κ3) is 6.77. The van der Waals surface area contributed by atoms with Gasteiger partial charge in [0.15, 0.2) is 11.6 Å². The first kappa shape index (κ1) is 19.1. The Balaban J connectivity index is 2.93. The van der Waals surface area contributed by atoms with Crippen LogP contribution in [0.5, 0.6) is 0 Å². The molecular formula is C15H20BrN3O4. The predicted molar refractivity (Wildman–Crippen MR) is 90.0 cm³/mol. The number of aromatic nitrogens is 2. The van der Waals surface area contributed by atoms with Crippen LogP contribution in [0.1, 0.15) is 39.8 Å². The van der Waals surface area contributed by atoms with E-state index in [0.29, 0.717) is 4.60 Å². The van der Waals surface area contributed by atoms with Gasteiger partial charge in [0, 0.05) is 12.5 Å². The van der Waals surface area contributed by atoms with Gasteiger partial charge in [0.1, 0.15) is 28.2 Å². The first-order valence-corrected chi connectivity index (χ1v) is 7.83. The van der Waals surface area contributed by atoms with E-state index in [4.69, 9.17) is 4.74 Å². The van der Waals surface area contributed by atoms with Crippen LogP contribution in [0.25, 0.3) is 5.76 Å². The summed E-state index contributed by atoms with van der Waals surface area (Å²) < 4.78 is 5.56. The molecule has 23 heavy (non-hydrogen) atoms. The number of aliphatic hydroxyl groups is 1. The molecule has 1 aromatic rings. The SMILES string of the molecule is CCC(=O)C=C(O)c1nc(Br)cnc1NCC(=O)OC(C)(C)C. The standard InChI is InChI=1S/C15H20BrN3O4/c1-5-9(20)6-10(21)13-14(17-7-11(16)19-13)18-8-12(22)23-15(2,3)4/h6-7,21H,5,8H2,1-4H3,(H,17,18). The quantitative estimate of drug-likeness (QED) is 0.440. The molecule has 8 heteroatoms. The molecule has 1 heterocycles. The number of carbonyl (C=O) groups is 2. The van der Waals surface area contributed by atoms with Gasteiger partial charge in [-0.2, -0.15) is 0 Å². The Morgan fingerprint density at radius 2 is 2.09 bits per heavy atom. The van der Waals surface area contributed by atoms with Gasteiger partial charge >= 0.3 is 5.97 Å². The minimum atomic E-state index is -0.595. The number of hydrogen-bond donors (Lipinski definition) is 2. The normalized spacial score (nSPS) is 12.0. The fraction of sp³-hybridized carbons (Fsp3) is 0.467. The molecule has 0 amide bonds. The summed E-state index contributed by atoms with van der Waals surface area (Å²) in [4.78, 5) is 31.3. The van der Waals surface area contributed by atoms with Crippen LogP contribution >= 0.6 is 15.9 Å². The summed E-state index contributed by atoms with van der Waals surface area (Å²) >= 11 is 3.15. The fourth-order valence-corrected chi connectivity index (χ4v) is 1.81. The molecule has 0 aromatic carbocycles. The van der Waals surface area contributed by atoms with Crippen LogP contribution < -0.4 is 5.32 Å². The van der Waals surface area contributed by atoms with Crippen molar-refractivity contribution < 1.29 is 19.4 Å². The van der Waals surface area contributed by atoms with E-state index in [1.807, 2.05) is 0 Å². The lowest BCUT2D eigenvalue weighted by atomic mass is 10.2. The van der Waals surface area contributed by atoms with Crippen LogP contribution in [-0.2, 0) is 14.3 Å². The number of esters is 1. The Morgan fingerprint density at radius 3 is 2.65 bits per heavy atom. The summed E-state index contributed by atoms with van der Waals surface area (Å²) in [6, 6.07) is 0. The molecule has 0 fully saturated rings. The van der Waals surface area contributed by atoms with E-state index >= 15 is 0 Å². The minimum absolute atomic E-state index is 0.0738. The van der Waals surface area contributed by atoms with Crippen molar-refractivity contribution in [3.05, 3.63) is 22.6 Å². The molecule has 1 rings (SSSR count). The van der Waals surface area contributed by atoms with Gasteiger partial charge in [0.25, 0.3) is 0 Å². The molecule has 7 nitrogen and oxygen atoms in total. The van der Waals surface area contributed by atoms with Gasteiger partial charge in [0.05, 0.1) is 6.20 Å².